The first kappa shape index (κ1) is 13.5. The zero-order valence-electron chi connectivity index (χ0n) is 11.3. The first-order valence-corrected chi connectivity index (χ1v) is 6.95. The molecule has 1 aromatic heterocycles. The van der Waals surface area contributed by atoms with Crippen molar-refractivity contribution < 1.29 is 0 Å². The Balaban J connectivity index is 2.70. The lowest BCUT2D eigenvalue weighted by atomic mass is 9.90. The number of halogens is 1. The van der Waals surface area contributed by atoms with E-state index in [1.807, 2.05) is 13.1 Å². The Bertz CT molecular complexity index is 570. The molecule has 2 rings (SSSR count). The normalized spacial score (nSPS) is 12.1. The summed E-state index contributed by atoms with van der Waals surface area (Å²) in [5.41, 5.74) is 3.58. The van der Waals surface area contributed by atoms with Crippen molar-refractivity contribution >= 4 is 26.8 Å². The number of fused-ring (bicyclic) bond motifs is 1. The van der Waals surface area contributed by atoms with E-state index in [0.29, 0.717) is 0 Å². The standard InChI is InChI=1S/C15H19BrN2/c1-15(2,3)14-7-10(9-17-4)12-8-11(16)5-6-13(12)18-14/h5-8,17H,9H2,1-4H3. The van der Waals surface area contributed by atoms with Crippen LogP contribution in [-0.4, -0.2) is 12.0 Å². The Hall–Kier alpha value is -0.930. The first-order chi connectivity index (χ1) is 8.41. The third-order valence-electron chi connectivity index (χ3n) is 2.99. The van der Waals surface area contributed by atoms with Crippen LogP contribution in [0.15, 0.2) is 28.7 Å². The van der Waals surface area contributed by atoms with E-state index in [2.05, 4.69) is 60.2 Å². The van der Waals surface area contributed by atoms with Crippen LogP contribution in [0.2, 0.25) is 0 Å². The number of rotatable bonds is 2. The Morgan fingerprint density at radius 2 is 1.94 bits per heavy atom. The molecule has 2 nitrogen and oxygen atoms in total. The summed E-state index contributed by atoms with van der Waals surface area (Å²) in [6.07, 6.45) is 0. The number of benzene rings is 1. The fourth-order valence-corrected chi connectivity index (χ4v) is 2.35. The second-order valence-corrected chi connectivity index (χ2v) is 6.52. The van der Waals surface area contributed by atoms with E-state index in [9.17, 15) is 0 Å². The maximum absolute atomic E-state index is 4.78. The number of pyridine rings is 1. The minimum atomic E-state index is 0.0732. The van der Waals surface area contributed by atoms with E-state index < -0.39 is 0 Å². The molecule has 0 aliphatic heterocycles. The van der Waals surface area contributed by atoms with Crippen molar-refractivity contribution in [2.24, 2.45) is 0 Å². The summed E-state index contributed by atoms with van der Waals surface area (Å²) in [6, 6.07) is 8.48. The van der Waals surface area contributed by atoms with Crippen LogP contribution < -0.4 is 5.32 Å². The van der Waals surface area contributed by atoms with Crippen LogP contribution in [0, 0.1) is 0 Å². The molecule has 0 spiro atoms. The molecule has 0 amide bonds. The zero-order valence-corrected chi connectivity index (χ0v) is 12.9. The maximum atomic E-state index is 4.78. The van der Waals surface area contributed by atoms with Gasteiger partial charge in [0.15, 0.2) is 0 Å². The van der Waals surface area contributed by atoms with Crippen molar-refractivity contribution in [2.75, 3.05) is 7.05 Å². The predicted octanol–water partition coefficient (Wildman–Crippen LogP) is 4.01. The summed E-state index contributed by atoms with van der Waals surface area (Å²) in [5, 5.41) is 4.45. The fraction of sp³-hybridized carbons (Fsp3) is 0.400. The third kappa shape index (κ3) is 2.73. The summed E-state index contributed by atoms with van der Waals surface area (Å²) >= 11 is 3.53. The Kier molecular flexibility index (Phi) is 3.74. The molecule has 0 aliphatic rings. The molecule has 3 heteroatoms. The molecule has 0 unspecified atom stereocenters. The van der Waals surface area contributed by atoms with Crippen LogP contribution in [0.3, 0.4) is 0 Å². The van der Waals surface area contributed by atoms with Gasteiger partial charge in [0.2, 0.25) is 0 Å². The van der Waals surface area contributed by atoms with Gasteiger partial charge in [-0.15, -0.1) is 0 Å². The molecule has 1 heterocycles. The smallest absolute Gasteiger partial charge is 0.0709 e. The molecular formula is C15H19BrN2. The van der Waals surface area contributed by atoms with Crippen molar-refractivity contribution in [1.82, 2.24) is 10.3 Å². The highest BCUT2D eigenvalue weighted by Gasteiger charge is 2.17. The molecule has 0 fully saturated rings. The largest absolute Gasteiger partial charge is 0.316 e. The van der Waals surface area contributed by atoms with Crippen LogP contribution >= 0.6 is 15.9 Å². The van der Waals surface area contributed by atoms with Crippen molar-refractivity contribution in [3.63, 3.8) is 0 Å². The van der Waals surface area contributed by atoms with Gasteiger partial charge < -0.3 is 5.32 Å². The van der Waals surface area contributed by atoms with Crippen molar-refractivity contribution in [2.45, 2.75) is 32.7 Å². The molecule has 0 atom stereocenters. The van der Waals surface area contributed by atoms with Gasteiger partial charge in [0.25, 0.3) is 0 Å². The Morgan fingerprint density at radius 3 is 2.56 bits per heavy atom. The van der Waals surface area contributed by atoms with E-state index in [1.165, 1.54) is 10.9 Å². The van der Waals surface area contributed by atoms with Gasteiger partial charge in [-0.1, -0.05) is 36.7 Å². The number of hydrogen-bond donors (Lipinski definition) is 1. The summed E-state index contributed by atoms with van der Waals surface area (Å²) in [4.78, 5) is 4.78. The highest BCUT2D eigenvalue weighted by atomic mass is 79.9. The van der Waals surface area contributed by atoms with E-state index in [4.69, 9.17) is 4.98 Å². The summed E-state index contributed by atoms with van der Waals surface area (Å²) in [6.45, 7) is 7.45. The molecule has 1 aromatic carbocycles. The minimum absolute atomic E-state index is 0.0732. The van der Waals surface area contributed by atoms with Gasteiger partial charge in [0.1, 0.15) is 0 Å². The molecule has 1 N–H and O–H groups in total. The summed E-state index contributed by atoms with van der Waals surface area (Å²) < 4.78 is 1.10. The van der Waals surface area contributed by atoms with Crippen LogP contribution in [-0.2, 0) is 12.0 Å². The quantitative estimate of drug-likeness (QED) is 0.906. The Morgan fingerprint density at radius 1 is 1.22 bits per heavy atom. The van der Waals surface area contributed by atoms with E-state index >= 15 is 0 Å². The van der Waals surface area contributed by atoms with Crippen molar-refractivity contribution in [3.8, 4) is 0 Å². The average molecular weight is 307 g/mol. The molecule has 0 radical (unpaired) electrons. The fourth-order valence-electron chi connectivity index (χ4n) is 1.99. The van der Waals surface area contributed by atoms with Crippen LogP contribution in [0.5, 0.6) is 0 Å². The van der Waals surface area contributed by atoms with Gasteiger partial charge in [0.05, 0.1) is 5.52 Å². The molecule has 0 bridgehead atoms. The Labute approximate surface area is 117 Å². The molecule has 0 aliphatic carbocycles. The van der Waals surface area contributed by atoms with Gasteiger partial charge in [0, 0.05) is 27.5 Å². The number of aromatic nitrogens is 1. The molecule has 18 heavy (non-hydrogen) atoms. The number of nitrogens with zero attached hydrogens (tertiary/aromatic N) is 1. The van der Waals surface area contributed by atoms with E-state index in [-0.39, 0.29) is 5.41 Å². The average Bonchev–Trinajstić information content (AvgIpc) is 2.28. The van der Waals surface area contributed by atoms with Gasteiger partial charge in [-0.25, -0.2) is 0 Å². The van der Waals surface area contributed by atoms with E-state index in [0.717, 1.165) is 22.2 Å². The summed E-state index contributed by atoms with van der Waals surface area (Å²) in [7, 11) is 1.97. The van der Waals surface area contributed by atoms with Gasteiger partial charge in [-0.05, 0) is 36.9 Å². The topological polar surface area (TPSA) is 24.9 Å². The van der Waals surface area contributed by atoms with Gasteiger partial charge >= 0.3 is 0 Å². The lowest BCUT2D eigenvalue weighted by Gasteiger charge is -2.20. The molecule has 2 aromatic rings. The summed E-state index contributed by atoms with van der Waals surface area (Å²) in [5.74, 6) is 0. The van der Waals surface area contributed by atoms with Crippen LogP contribution in [0.25, 0.3) is 10.9 Å². The zero-order chi connectivity index (χ0) is 13.3. The van der Waals surface area contributed by atoms with Crippen LogP contribution in [0.4, 0.5) is 0 Å². The maximum Gasteiger partial charge on any atom is 0.0709 e. The molecule has 96 valence electrons. The minimum Gasteiger partial charge on any atom is -0.316 e. The van der Waals surface area contributed by atoms with E-state index in [1.54, 1.807) is 0 Å². The lowest BCUT2D eigenvalue weighted by molar-refractivity contribution is 0.570. The van der Waals surface area contributed by atoms with Crippen molar-refractivity contribution in [1.29, 1.82) is 0 Å². The number of hydrogen-bond acceptors (Lipinski definition) is 2. The highest BCUT2D eigenvalue weighted by molar-refractivity contribution is 9.10. The second-order valence-electron chi connectivity index (χ2n) is 5.61. The highest BCUT2D eigenvalue weighted by Crippen LogP contribution is 2.27. The predicted molar refractivity (Wildman–Crippen MR) is 80.9 cm³/mol. The van der Waals surface area contributed by atoms with Gasteiger partial charge in [-0.2, -0.15) is 0 Å². The number of nitrogens with one attached hydrogen (secondary N) is 1. The lowest BCUT2D eigenvalue weighted by Crippen LogP contribution is -2.15. The first-order valence-electron chi connectivity index (χ1n) is 6.16. The monoisotopic (exact) mass is 306 g/mol. The SMILES string of the molecule is CNCc1cc(C(C)(C)C)nc2ccc(Br)cc12. The molecular weight excluding hydrogens is 288 g/mol. The van der Waals surface area contributed by atoms with Crippen molar-refractivity contribution in [3.05, 3.63) is 40.0 Å². The van der Waals surface area contributed by atoms with Gasteiger partial charge in [-0.3, -0.25) is 4.98 Å². The third-order valence-corrected chi connectivity index (χ3v) is 3.49. The molecule has 0 saturated heterocycles. The molecule has 0 saturated carbocycles. The second kappa shape index (κ2) is 4.98. The van der Waals surface area contributed by atoms with Crippen LogP contribution in [0.1, 0.15) is 32.0 Å².